The smallest absolute Gasteiger partial charge is 0.0193 e. The molecule has 2 fully saturated rings. The molecule has 2 aliphatic rings. The van der Waals surface area contributed by atoms with E-state index in [0.717, 1.165) is 6.04 Å². The first kappa shape index (κ1) is 11.4. The van der Waals surface area contributed by atoms with E-state index in [1.807, 2.05) is 0 Å². The van der Waals surface area contributed by atoms with E-state index in [1.54, 1.807) is 0 Å². The maximum Gasteiger partial charge on any atom is 0.0193 e. The third-order valence-electron chi connectivity index (χ3n) is 3.79. The molecule has 0 aliphatic carbocycles. The molecule has 0 saturated carbocycles. The van der Waals surface area contributed by atoms with Crippen LogP contribution in [0.5, 0.6) is 0 Å². The SMILES string of the molecule is C[C@@H]1CNCCN1CCN1CCCCC1. The summed E-state index contributed by atoms with van der Waals surface area (Å²) in [5.41, 5.74) is 0. The van der Waals surface area contributed by atoms with E-state index in [9.17, 15) is 0 Å². The van der Waals surface area contributed by atoms with Gasteiger partial charge in [-0.3, -0.25) is 4.90 Å². The van der Waals surface area contributed by atoms with Crippen LogP contribution in [-0.4, -0.2) is 61.7 Å². The van der Waals surface area contributed by atoms with Crippen LogP contribution in [0, 0.1) is 0 Å². The Kier molecular flexibility index (Phi) is 4.42. The Labute approximate surface area is 93.8 Å². The molecule has 0 aromatic heterocycles. The largest absolute Gasteiger partial charge is 0.314 e. The van der Waals surface area contributed by atoms with Crippen LogP contribution in [0.2, 0.25) is 0 Å². The monoisotopic (exact) mass is 211 g/mol. The van der Waals surface area contributed by atoms with E-state index in [-0.39, 0.29) is 0 Å². The van der Waals surface area contributed by atoms with Gasteiger partial charge in [-0.15, -0.1) is 0 Å². The molecule has 1 N–H and O–H groups in total. The number of hydrogen-bond acceptors (Lipinski definition) is 3. The highest BCUT2D eigenvalue weighted by molar-refractivity contribution is 4.77. The molecule has 2 rings (SSSR count). The predicted molar refractivity (Wildman–Crippen MR) is 64.2 cm³/mol. The van der Waals surface area contributed by atoms with Gasteiger partial charge in [-0.05, 0) is 32.9 Å². The van der Waals surface area contributed by atoms with Crippen LogP contribution < -0.4 is 5.32 Å². The van der Waals surface area contributed by atoms with Gasteiger partial charge in [-0.2, -0.15) is 0 Å². The molecule has 3 heteroatoms. The van der Waals surface area contributed by atoms with E-state index < -0.39 is 0 Å². The van der Waals surface area contributed by atoms with E-state index in [2.05, 4.69) is 22.0 Å². The van der Waals surface area contributed by atoms with Gasteiger partial charge in [0.15, 0.2) is 0 Å². The minimum absolute atomic E-state index is 0.726. The quantitative estimate of drug-likeness (QED) is 0.744. The molecule has 2 heterocycles. The second kappa shape index (κ2) is 5.83. The third-order valence-corrected chi connectivity index (χ3v) is 3.79. The number of piperidine rings is 1. The lowest BCUT2D eigenvalue weighted by atomic mass is 10.1. The Bertz CT molecular complexity index is 178. The summed E-state index contributed by atoms with van der Waals surface area (Å²) in [4.78, 5) is 5.27. The van der Waals surface area contributed by atoms with Crippen molar-refractivity contribution >= 4 is 0 Å². The summed E-state index contributed by atoms with van der Waals surface area (Å²) >= 11 is 0. The zero-order valence-corrected chi connectivity index (χ0v) is 10.0. The standard InChI is InChI=1S/C12H25N3/c1-12-11-13-5-8-15(12)10-9-14-6-3-2-4-7-14/h12-13H,2-11H2,1H3/t12-/m1/s1. The average Bonchev–Trinajstić information content (AvgIpc) is 2.29. The molecule has 0 aromatic carbocycles. The molecule has 1 atom stereocenters. The molecule has 0 aromatic rings. The van der Waals surface area contributed by atoms with Crippen LogP contribution in [0.4, 0.5) is 0 Å². The molecular formula is C12H25N3. The molecule has 2 aliphatic heterocycles. The highest BCUT2D eigenvalue weighted by Crippen LogP contribution is 2.09. The van der Waals surface area contributed by atoms with Crippen molar-refractivity contribution in [1.82, 2.24) is 15.1 Å². The van der Waals surface area contributed by atoms with E-state index in [0.29, 0.717) is 0 Å². The van der Waals surface area contributed by atoms with Crippen molar-refractivity contribution in [3.63, 3.8) is 0 Å². The van der Waals surface area contributed by atoms with E-state index in [1.165, 1.54) is 65.1 Å². The Morgan fingerprint density at radius 3 is 2.60 bits per heavy atom. The lowest BCUT2D eigenvalue weighted by Gasteiger charge is -2.36. The topological polar surface area (TPSA) is 18.5 Å². The molecule has 2 saturated heterocycles. The van der Waals surface area contributed by atoms with Crippen molar-refractivity contribution in [2.45, 2.75) is 32.2 Å². The molecule has 15 heavy (non-hydrogen) atoms. The molecule has 3 nitrogen and oxygen atoms in total. The van der Waals surface area contributed by atoms with Crippen LogP contribution in [0.25, 0.3) is 0 Å². The fraction of sp³-hybridized carbons (Fsp3) is 1.00. The first-order valence-corrected chi connectivity index (χ1v) is 6.53. The number of nitrogens with one attached hydrogen (secondary N) is 1. The highest BCUT2D eigenvalue weighted by Gasteiger charge is 2.18. The van der Waals surface area contributed by atoms with Gasteiger partial charge < -0.3 is 10.2 Å². The second-order valence-corrected chi connectivity index (χ2v) is 4.99. The molecular weight excluding hydrogens is 186 g/mol. The Hall–Kier alpha value is -0.120. The second-order valence-electron chi connectivity index (χ2n) is 4.99. The van der Waals surface area contributed by atoms with Gasteiger partial charge in [-0.1, -0.05) is 6.42 Å². The molecule has 0 bridgehead atoms. The van der Waals surface area contributed by atoms with Crippen LogP contribution in [-0.2, 0) is 0 Å². The summed E-state index contributed by atoms with van der Waals surface area (Å²) in [6.07, 6.45) is 4.27. The average molecular weight is 211 g/mol. The van der Waals surface area contributed by atoms with Gasteiger partial charge >= 0.3 is 0 Å². The first-order chi connectivity index (χ1) is 7.36. The molecule has 0 radical (unpaired) electrons. The lowest BCUT2D eigenvalue weighted by Crippen LogP contribution is -2.52. The Balaban J connectivity index is 1.67. The van der Waals surface area contributed by atoms with Crippen molar-refractivity contribution in [2.75, 3.05) is 45.8 Å². The number of hydrogen-bond donors (Lipinski definition) is 1. The molecule has 0 unspecified atom stereocenters. The van der Waals surface area contributed by atoms with E-state index in [4.69, 9.17) is 0 Å². The first-order valence-electron chi connectivity index (χ1n) is 6.53. The third kappa shape index (κ3) is 3.44. The normalized spacial score (nSPS) is 30.6. The van der Waals surface area contributed by atoms with Gasteiger partial charge in [0.2, 0.25) is 0 Å². The van der Waals surface area contributed by atoms with Crippen LogP contribution in [0.1, 0.15) is 26.2 Å². The fourth-order valence-electron chi connectivity index (χ4n) is 2.67. The zero-order valence-electron chi connectivity index (χ0n) is 10.0. The number of rotatable bonds is 3. The minimum atomic E-state index is 0.726. The van der Waals surface area contributed by atoms with Gasteiger partial charge in [0.05, 0.1) is 0 Å². The van der Waals surface area contributed by atoms with Crippen LogP contribution in [0.3, 0.4) is 0 Å². The minimum Gasteiger partial charge on any atom is -0.314 e. The van der Waals surface area contributed by atoms with Crippen molar-refractivity contribution in [1.29, 1.82) is 0 Å². The van der Waals surface area contributed by atoms with Crippen molar-refractivity contribution < 1.29 is 0 Å². The predicted octanol–water partition coefficient (Wildman–Crippen LogP) is 0.766. The van der Waals surface area contributed by atoms with Gasteiger partial charge in [0.1, 0.15) is 0 Å². The Morgan fingerprint density at radius 1 is 1.07 bits per heavy atom. The van der Waals surface area contributed by atoms with Crippen LogP contribution in [0.15, 0.2) is 0 Å². The van der Waals surface area contributed by atoms with E-state index >= 15 is 0 Å². The lowest BCUT2D eigenvalue weighted by molar-refractivity contribution is 0.136. The van der Waals surface area contributed by atoms with Gasteiger partial charge in [-0.25, -0.2) is 0 Å². The maximum atomic E-state index is 3.45. The van der Waals surface area contributed by atoms with Gasteiger partial charge in [0, 0.05) is 38.8 Å². The van der Waals surface area contributed by atoms with Gasteiger partial charge in [0.25, 0.3) is 0 Å². The number of nitrogens with zero attached hydrogens (tertiary/aromatic N) is 2. The zero-order chi connectivity index (χ0) is 10.5. The highest BCUT2D eigenvalue weighted by atomic mass is 15.2. The van der Waals surface area contributed by atoms with Crippen molar-refractivity contribution in [3.8, 4) is 0 Å². The summed E-state index contributed by atoms with van der Waals surface area (Å²) in [5.74, 6) is 0. The number of piperazine rings is 1. The fourth-order valence-corrected chi connectivity index (χ4v) is 2.67. The maximum absolute atomic E-state index is 3.45. The summed E-state index contributed by atoms with van der Waals surface area (Å²) in [7, 11) is 0. The molecule has 0 amide bonds. The summed E-state index contributed by atoms with van der Waals surface area (Å²) < 4.78 is 0. The summed E-state index contributed by atoms with van der Waals surface area (Å²) in [6, 6.07) is 0.726. The Morgan fingerprint density at radius 2 is 1.87 bits per heavy atom. The van der Waals surface area contributed by atoms with Crippen LogP contribution >= 0.6 is 0 Å². The summed E-state index contributed by atoms with van der Waals surface area (Å²) in [6.45, 7) is 11.1. The molecule has 0 spiro atoms. The molecule has 88 valence electrons. The summed E-state index contributed by atoms with van der Waals surface area (Å²) in [5, 5.41) is 3.45. The van der Waals surface area contributed by atoms with Crippen molar-refractivity contribution in [2.24, 2.45) is 0 Å². The van der Waals surface area contributed by atoms with Crippen molar-refractivity contribution in [3.05, 3.63) is 0 Å². The number of likely N-dealkylation sites (tertiary alicyclic amines) is 1.